The third-order valence-electron chi connectivity index (χ3n) is 3.11. The summed E-state index contributed by atoms with van der Waals surface area (Å²) in [5.74, 6) is 0.0521. The fraction of sp³-hybridized carbons (Fsp3) is 0.500. The Morgan fingerprint density at radius 3 is 2.47 bits per heavy atom. The summed E-state index contributed by atoms with van der Waals surface area (Å²) in [6.07, 6.45) is 0. The maximum absolute atomic E-state index is 12.1. The Hall–Kier alpha value is -1.26. The first kappa shape index (κ1) is 15.8. The average molecular weight is 285 g/mol. The second-order valence-electron chi connectivity index (χ2n) is 4.33. The van der Waals surface area contributed by atoms with Crippen LogP contribution in [-0.2, 0) is 11.4 Å². The van der Waals surface area contributed by atoms with Crippen LogP contribution >= 0.6 is 11.6 Å². The number of hydrogen-bond acceptors (Lipinski definition) is 3. The molecule has 0 radical (unpaired) electrons. The molecule has 0 aliphatic rings. The molecule has 0 heterocycles. The van der Waals surface area contributed by atoms with Gasteiger partial charge in [0.2, 0.25) is 5.91 Å². The fourth-order valence-electron chi connectivity index (χ4n) is 2.07. The first-order valence-corrected chi connectivity index (χ1v) is 6.80. The van der Waals surface area contributed by atoms with Crippen LogP contribution in [0.2, 0.25) is 5.02 Å². The molecule has 0 spiro atoms. The van der Waals surface area contributed by atoms with Gasteiger partial charge in [0.15, 0.2) is 0 Å². The Morgan fingerprint density at radius 1 is 1.32 bits per heavy atom. The summed E-state index contributed by atoms with van der Waals surface area (Å²) in [7, 11) is 1.81. The molecule has 0 unspecified atom stereocenters. The molecule has 1 N–H and O–H groups in total. The van der Waals surface area contributed by atoms with Crippen molar-refractivity contribution in [1.82, 2.24) is 4.90 Å². The van der Waals surface area contributed by atoms with E-state index in [4.69, 9.17) is 11.6 Å². The van der Waals surface area contributed by atoms with Gasteiger partial charge < -0.3 is 14.9 Å². The molecule has 0 aliphatic heterocycles. The van der Waals surface area contributed by atoms with Crippen LogP contribution in [0.3, 0.4) is 0 Å². The highest BCUT2D eigenvalue weighted by atomic mass is 35.5. The summed E-state index contributed by atoms with van der Waals surface area (Å²) in [4.78, 5) is 15.6. The monoisotopic (exact) mass is 284 g/mol. The van der Waals surface area contributed by atoms with Crippen molar-refractivity contribution in [1.29, 1.82) is 0 Å². The number of rotatable bonds is 6. The van der Waals surface area contributed by atoms with E-state index in [1.807, 2.05) is 20.9 Å². The van der Waals surface area contributed by atoms with Crippen LogP contribution < -0.4 is 4.90 Å². The summed E-state index contributed by atoms with van der Waals surface area (Å²) in [6.45, 7) is 5.45. The fourth-order valence-corrected chi connectivity index (χ4v) is 2.41. The van der Waals surface area contributed by atoms with E-state index in [-0.39, 0.29) is 19.1 Å². The molecule has 106 valence electrons. The van der Waals surface area contributed by atoms with Crippen molar-refractivity contribution in [3.63, 3.8) is 0 Å². The second kappa shape index (κ2) is 7.36. The molecule has 19 heavy (non-hydrogen) atoms. The Balaban J connectivity index is 2.89. The lowest BCUT2D eigenvalue weighted by atomic mass is 10.1. The smallest absolute Gasteiger partial charge is 0.242 e. The van der Waals surface area contributed by atoms with Gasteiger partial charge >= 0.3 is 0 Å². The normalized spacial score (nSPS) is 10.4. The van der Waals surface area contributed by atoms with Crippen molar-refractivity contribution >= 4 is 23.2 Å². The number of benzene rings is 1. The van der Waals surface area contributed by atoms with Crippen LogP contribution in [0.15, 0.2) is 18.2 Å². The van der Waals surface area contributed by atoms with E-state index in [2.05, 4.69) is 0 Å². The lowest BCUT2D eigenvalue weighted by molar-refractivity contribution is -0.129. The highest BCUT2D eigenvalue weighted by Gasteiger charge is 2.16. The molecule has 1 aromatic rings. The Bertz CT molecular complexity index is 433. The Labute approximate surface area is 119 Å². The highest BCUT2D eigenvalue weighted by molar-refractivity contribution is 6.33. The minimum absolute atomic E-state index is 0.0521. The molecule has 0 saturated heterocycles. The molecule has 1 amide bonds. The van der Waals surface area contributed by atoms with Gasteiger partial charge in [-0.3, -0.25) is 4.79 Å². The van der Waals surface area contributed by atoms with Gasteiger partial charge in [0.05, 0.1) is 23.9 Å². The summed E-state index contributed by atoms with van der Waals surface area (Å²) in [5.41, 5.74) is 1.44. The number of anilines is 1. The molecular weight excluding hydrogens is 264 g/mol. The predicted octanol–water partition coefficient (Wildman–Crippen LogP) is 2.14. The van der Waals surface area contributed by atoms with E-state index < -0.39 is 0 Å². The zero-order valence-electron chi connectivity index (χ0n) is 11.7. The largest absolute Gasteiger partial charge is 0.392 e. The molecule has 5 heteroatoms. The molecule has 0 bridgehead atoms. The summed E-state index contributed by atoms with van der Waals surface area (Å²) >= 11 is 6.16. The third kappa shape index (κ3) is 3.85. The molecule has 4 nitrogen and oxygen atoms in total. The molecular formula is C14H21ClN2O2. The highest BCUT2D eigenvalue weighted by Crippen LogP contribution is 2.29. The maximum atomic E-state index is 12.1. The second-order valence-corrected chi connectivity index (χ2v) is 4.73. The predicted molar refractivity (Wildman–Crippen MR) is 78.6 cm³/mol. The number of halogens is 1. The van der Waals surface area contributed by atoms with E-state index >= 15 is 0 Å². The van der Waals surface area contributed by atoms with Crippen molar-refractivity contribution in [3.8, 4) is 0 Å². The topological polar surface area (TPSA) is 43.8 Å². The van der Waals surface area contributed by atoms with E-state index in [0.717, 1.165) is 5.56 Å². The van der Waals surface area contributed by atoms with Crippen LogP contribution in [0, 0.1) is 0 Å². The molecule has 1 rings (SSSR count). The summed E-state index contributed by atoms with van der Waals surface area (Å²) < 4.78 is 0. The Morgan fingerprint density at radius 2 is 1.95 bits per heavy atom. The van der Waals surface area contributed by atoms with Crippen LogP contribution in [0.1, 0.15) is 19.4 Å². The van der Waals surface area contributed by atoms with Gasteiger partial charge in [-0.05, 0) is 19.9 Å². The number of para-hydroxylation sites is 1. The number of hydrogen-bond donors (Lipinski definition) is 1. The molecule has 0 saturated carbocycles. The van der Waals surface area contributed by atoms with E-state index in [0.29, 0.717) is 23.8 Å². The van der Waals surface area contributed by atoms with Crippen molar-refractivity contribution < 1.29 is 9.90 Å². The standard InChI is InChI=1S/C14H21ClN2O2/c1-4-17(5-2)13(19)9-16(3)14-11(10-18)7-6-8-12(14)15/h6-8,18H,4-5,9-10H2,1-3H3. The zero-order chi connectivity index (χ0) is 14.4. The molecule has 0 aliphatic carbocycles. The minimum Gasteiger partial charge on any atom is -0.392 e. The van der Waals surface area contributed by atoms with Crippen molar-refractivity contribution in [2.75, 3.05) is 31.6 Å². The van der Waals surface area contributed by atoms with Gasteiger partial charge in [0, 0.05) is 25.7 Å². The van der Waals surface area contributed by atoms with Crippen molar-refractivity contribution in [3.05, 3.63) is 28.8 Å². The molecule has 0 atom stereocenters. The number of carbonyl (C=O) groups is 1. The number of aliphatic hydroxyl groups excluding tert-OH is 1. The zero-order valence-corrected chi connectivity index (χ0v) is 12.4. The van der Waals surface area contributed by atoms with E-state index in [9.17, 15) is 9.90 Å². The third-order valence-corrected chi connectivity index (χ3v) is 3.42. The maximum Gasteiger partial charge on any atom is 0.242 e. The lowest BCUT2D eigenvalue weighted by Gasteiger charge is -2.26. The van der Waals surface area contributed by atoms with Gasteiger partial charge in [-0.2, -0.15) is 0 Å². The average Bonchev–Trinajstić information content (AvgIpc) is 2.39. The molecule has 1 aromatic carbocycles. The quantitative estimate of drug-likeness (QED) is 0.870. The van der Waals surface area contributed by atoms with Crippen molar-refractivity contribution in [2.45, 2.75) is 20.5 Å². The van der Waals surface area contributed by atoms with Crippen LogP contribution in [0.4, 0.5) is 5.69 Å². The summed E-state index contributed by atoms with van der Waals surface area (Å²) in [5, 5.41) is 9.89. The minimum atomic E-state index is -0.0975. The van der Waals surface area contributed by atoms with Gasteiger partial charge in [-0.25, -0.2) is 0 Å². The van der Waals surface area contributed by atoms with Crippen LogP contribution in [0.5, 0.6) is 0 Å². The van der Waals surface area contributed by atoms with Crippen molar-refractivity contribution in [2.24, 2.45) is 0 Å². The number of nitrogens with zero attached hydrogens (tertiary/aromatic N) is 2. The number of likely N-dealkylation sites (N-methyl/N-ethyl adjacent to an activating group) is 2. The SMILES string of the molecule is CCN(CC)C(=O)CN(C)c1c(Cl)cccc1CO. The van der Waals surface area contributed by atoms with Gasteiger partial charge in [0.1, 0.15) is 0 Å². The number of aliphatic hydroxyl groups is 1. The molecule has 0 fully saturated rings. The lowest BCUT2D eigenvalue weighted by Crippen LogP contribution is -2.39. The van der Waals surface area contributed by atoms with Gasteiger partial charge in [-0.1, -0.05) is 23.7 Å². The van der Waals surface area contributed by atoms with Gasteiger partial charge in [-0.15, -0.1) is 0 Å². The number of carbonyl (C=O) groups excluding carboxylic acids is 1. The number of amides is 1. The van der Waals surface area contributed by atoms with E-state index in [1.165, 1.54) is 0 Å². The van der Waals surface area contributed by atoms with E-state index in [1.54, 1.807) is 28.0 Å². The Kier molecular flexibility index (Phi) is 6.12. The summed E-state index contributed by atoms with van der Waals surface area (Å²) in [6, 6.07) is 5.35. The van der Waals surface area contributed by atoms with Crippen LogP contribution in [0.25, 0.3) is 0 Å². The molecule has 0 aromatic heterocycles. The first-order chi connectivity index (χ1) is 9.04. The van der Waals surface area contributed by atoms with Gasteiger partial charge in [0.25, 0.3) is 0 Å². The van der Waals surface area contributed by atoms with Crippen LogP contribution in [-0.4, -0.2) is 42.6 Å². The first-order valence-electron chi connectivity index (χ1n) is 6.42.